The van der Waals surface area contributed by atoms with Crippen molar-refractivity contribution < 1.29 is 4.52 Å². The number of hydrogen-bond donors (Lipinski definition) is 1. The maximum Gasteiger partial charge on any atom is 0.258 e. The number of rotatable bonds is 3. The molecule has 18 heavy (non-hydrogen) atoms. The molecule has 1 heterocycles. The lowest BCUT2D eigenvalue weighted by molar-refractivity contribution is 0.400. The molecule has 0 aliphatic rings. The van der Waals surface area contributed by atoms with Crippen LogP contribution in [0.25, 0.3) is 11.5 Å². The van der Waals surface area contributed by atoms with Crippen LogP contribution in [0.3, 0.4) is 0 Å². The molecule has 0 saturated heterocycles. The largest absolute Gasteiger partial charge is 0.334 e. The van der Waals surface area contributed by atoms with Gasteiger partial charge in [0.25, 0.3) is 5.89 Å². The van der Waals surface area contributed by atoms with Gasteiger partial charge in [-0.05, 0) is 30.5 Å². The molecule has 2 N–H and O–H groups in total. The molecule has 0 aliphatic carbocycles. The molecule has 0 radical (unpaired) electrons. The molecular weight excluding hydrogens is 294 g/mol. The van der Waals surface area contributed by atoms with Gasteiger partial charge in [-0.2, -0.15) is 4.98 Å². The number of halogens is 1. The van der Waals surface area contributed by atoms with Gasteiger partial charge in [0, 0.05) is 10.0 Å². The normalized spacial score (nSPS) is 13.0. The second-order valence-corrected chi connectivity index (χ2v) is 5.55. The Morgan fingerprint density at radius 3 is 2.67 bits per heavy atom. The highest BCUT2D eigenvalue weighted by Crippen LogP contribution is 2.26. The van der Waals surface area contributed by atoms with Gasteiger partial charge in [0.1, 0.15) is 0 Å². The zero-order valence-electron chi connectivity index (χ0n) is 10.6. The monoisotopic (exact) mass is 309 g/mol. The number of benzene rings is 1. The summed E-state index contributed by atoms with van der Waals surface area (Å²) in [7, 11) is 0. The van der Waals surface area contributed by atoms with Crippen molar-refractivity contribution in [1.82, 2.24) is 10.1 Å². The first-order chi connectivity index (χ1) is 8.49. The summed E-state index contributed by atoms with van der Waals surface area (Å²) in [6.07, 6.45) is 0. The lowest BCUT2D eigenvalue weighted by Crippen LogP contribution is -2.18. The summed E-state index contributed by atoms with van der Waals surface area (Å²) in [5.74, 6) is 1.33. The topological polar surface area (TPSA) is 64.9 Å². The van der Waals surface area contributed by atoms with Crippen LogP contribution >= 0.6 is 15.9 Å². The Bertz CT molecular complexity index is 551. The first-order valence-corrected chi connectivity index (χ1v) is 6.64. The molecule has 5 heteroatoms. The van der Waals surface area contributed by atoms with Gasteiger partial charge in [-0.15, -0.1) is 0 Å². The smallest absolute Gasteiger partial charge is 0.258 e. The van der Waals surface area contributed by atoms with Gasteiger partial charge >= 0.3 is 0 Å². The molecule has 2 aromatic rings. The SMILES string of the molecule is Cc1ccc(-c2nc(C(N)C(C)C)no2)cc1Br. The van der Waals surface area contributed by atoms with E-state index < -0.39 is 0 Å². The van der Waals surface area contributed by atoms with Crippen LogP contribution in [0, 0.1) is 12.8 Å². The molecule has 4 nitrogen and oxygen atoms in total. The van der Waals surface area contributed by atoms with E-state index in [9.17, 15) is 0 Å². The van der Waals surface area contributed by atoms with Gasteiger partial charge in [-0.1, -0.05) is 41.0 Å². The van der Waals surface area contributed by atoms with E-state index in [1.807, 2.05) is 39.0 Å². The second-order valence-electron chi connectivity index (χ2n) is 4.69. The molecule has 1 aromatic carbocycles. The fraction of sp³-hybridized carbons (Fsp3) is 0.385. The number of aromatic nitrogens is 2. The van der Waals surface area contributed by atoms with Crippen LogP contribution in [0.5, 0.6) is 0 Å². The quantitative estimate of drug-likeness (QED) is 0.943. The molecule has 0 aliphatic heterocycles. The van der Waals surface area contributed by atoms with Crippen LogP contribution in [0.2, 0.25) is 0 Å². The molecule has 0 bridgehead atoms. The number of hydrogen-bond acceptors (Lipinski definition) is 4. The van der Waals surface area contributed by atoms with Gasteiger partial charge in [0.2, 0.25) is 0 Å². The Labute approximate surface area is 115 Å². The molecule has 1 aromatic heterocycles. The minimum absolute atomic E-state index is 0.198. The Balaban J connectivity index is 2.32. The highest BCUT2D eigenvalue weighted by Gasteiger charge is 2.18. The van der Waals surface area contributed by atoms with E-state index >= 15 is 0 Å². The summed E-state index contributed by atoms with van der Waals surface area (Å²) >= 11 is 3.49. The van der Waals surface area contributed by atoms with Crippen LogP contribution in [0.15, 0.2) is 27.2 Å². The van der Waals surface area contributed by atoms with Gasteiger partial charge in [0.05, 0.1) is 6.04 Å². The third-order valence-corrected chi connectivity index (χ3v) is 3.73. The van der Waals surface area contributed by atoms with Crippen LogP contribution < -0.4 is 5.73 Å². The van der Waals surface area contributed by atoms with Crippen LogP contribution in [0.1, 0.15) is 31.3 Å². The van der Waals surface area contributed by atoms with E-state index in [2.05, 4.69) is 26.1 Å². The van der Waals surface area contributed by atoms with Crippen LogP contribution in [-0.2, 0) is 0 Å². The van der Waals surface area contributed by atoms with E-state index in [-0.39, 0.29) is 12.0 Å². The third kappa shape index (κ3) is 2.62. The molecular formula is C13H16BrN3O. The minimum atomic E-state index is -0.198. The van der Waals surface area contributed by atoms with E-state index in [0.29, 0.717) is 11.7 Å². The van der Waals surface area contributed by atoms with Crippen LogP contribution in [0.4, 0.5) is 0 Å². The molecule has 0 amide bonds. The summed E-state index contributed by atoms with van der Waals surface area (Å²) in [5.41, 5.74) is 8.04. The average Bonchev–Trinajstić information content (AvgIpc) is 2.81. The van der Waals surface area contributed by atoms with E-state index in [1.54, 1.807) is 0 Å². The summed E-state index contributed by atoms with van der Waals surface area (Å²) in [6.45, 7) is 6.09. The maximum absolute atomic E-state index is 5.99. The molecule has 96 valence electrons. The fourth-order valence-electron chi connectivity index (χ4n) is 1.51. The molecule has 1 atom stereocenters. The Morgan fingerprint density at radius 2 is 2.06 bits per heavy atom. The molecule has 0 fully saturated rings. The first kappa shape index (κ1) is 13.2. The lowest BCUT2D eigenvalue weighted by Gasteiger charge is -2.09. The lowest BCUT2D eigenvalue weighted by atomic mass is 10.1. The Kier molecular flexibility index (Phi) is 3.82. The number of aryl methyl sites for hydroxylation is 1. The van der Waals surface area contributed by atoms with Crippen molar-refractivity contribution in [2.75, 3.05) is 0 Å². The zero-order chi connectivity index (χ0) is 13.3. The van der Waals surface area contributed by atoms with Gasteiger partial charge < -0.3 is 10.3 Å². The molecule has 0 saturated carbocycles. The maximum atomic E-state index is 5.99. The summed E-state index contributed by atoms with van der Waals surface area (Å²) in [5, 5.41) is 3.94. The minimum Gasteiger partial charge on any atom is -0.334 e. The zero-order valence-corrected chi connectivity index (χ0v) is 12.2. The van der Waals surface area contributed by atoms with Gasteiger partial charge in [-0.3, -0.25) is 0 Å². The van der Waals surface area contributed by atoms with Crippen LogP contribution in [-0.4, -0.2) is 10.1 Å². The Hall–Kier alpha value is -1.20. The van der Waals surface area contributed by atoms with Gasteiger partial charge in [0.15, 0.2) is 5.82 Å². The van der Waals surface area contributed by atoms with E-state index in [4.69, 9.17) is 10.3 Å². The van der Waals surface area contributed by atoms with Crippen molar-refractivity contribution in [3.63, 3.8) is 0 Å². The first-order valence-electron chi connectivity index (χ1n) is 5.84. The Morgan fingerprint density at radius 1 is 1.33 bits per heavy atom. The highest BCUT2D eigenvalue weighted by atomic mass is 79.9. The fourth-order valence-corrected chi connectivity index (χ4v) is 1.89. The van der Waals surface area contributed by atoms with Crippen molar-refractivity contribution >= 4 is 15.9 Å². The summed E-state index contributed by atoms with van der Waals surface area (Å²) < 4.78 is 6.28. The molecule has 0 spiro atoms. The predicted octanol–water partition coefficient (Wildman–Crippen LogP) is 3.46. The van der Waals surface area contributed by atoms with Crippen molar-refractivity contribution in [2.45, 2.75) is 26.8 Å². The standard InChI is InChI=1S/C13H16BrN3O/c1-7(2)11(15)12-16-13(18-17-12)9-5-4-8(3)10(14)6-9/h4-7,11H,15H2,1-3H3. The average molecular weight is 310 g/mol. The number of nitrogens with zero attached hydrogens (tertiary/aromatic N) is 2. The van der Waals surface area contributed by atoms with Crippen molar-refractivity contribution in [3.05, 3.63) is 34.1 Å². The summed E-state index contributed by atoms with van der Waals surface area (Å²) in [6, 6.07) is 5.73. The molecule has 1 unspecified atom stereocenters. The van der Waals surface area contributed by atoms with Crippen molar-refractivity contribution in [1.29, 1.82) is 0 Å². The van der Waals surface area contributed by atoms with Crippen molar-refractivity contribution in [2.24, 2.45) is 11.7 Å². The van der Waals surface area contributed by atoms with E-state index in [1.165, 1.54) is 0 Å². The third-order valence-electron chi connectivity index (χ3n) is 2.88. The summed E-state index contributed by atoms with van der Waals surface area (Å²) in [4.78, 5) is 4.35. The van der Waals surface area contributed by atoms with E-state index in [0.717, 1.165) is 15.6 Å². The van der Waals surface area contributed by atoms with Gasteiger partial charge in [-0.25, -0.2) is 0 Å². The van der Waals surface area contributed by atoms with Crippen molar-refractivity contribution in [3.8, 4) is 11.5 Å². The highest BCUT2D eigenvalue weighted by molar-refractivity contribution is 9.10. The molecule has 2 rings (SSSR count). The predicted molar refractivity (Wildman–Crippen MR) is 73.9 cm³/mol. The second kappa shape index (κ2) is 5.20. The number of nitrogens with two attached hydrogens (primary N) is 1.